The summed E-state index contributed by atoms with van der Waals surface area (Å²) in [5.41, 5.74) is 4.42. The maximum absolute atomic E-state index is 5.86. The molecule has 0 saturated heterocycles. The zero-order valence-electron chi connectivity index (χ0n) is 14.9. The van der Waals surface area contributed by atoms with E-state index in [1.54, 1.807) is 0 Å². The molecule has 2 aromatic carbocycles. The van der Waals surface area contributed by atoms with Crippen LogP contribution in [0.1, 0.15) is 30.5 Å². The first-order valence-corrected chi connectivity index (χ1v) is 9.02. The molecular weight excluding hydrogens is 332 g/mol. The Labute approximate surface area is 154 Å². The topological polar surface area (TPSA) is 42.5 Å². The lowest BCUT2D eigenvalue weighted by molar-refractivity contribution is 0.254. The van der Waals surface area contributed by atoms with Crippen LogP contribution < -0.4 is 20.1 Å². The van der Waals surface area contributed by atoms with Gasteiger partial charge < -0.3 is 20.1 Å². The van der Waals surface area contributed by atoms with E-state index in [9.17, 15) is 0 Å². The molecule has 1 atom stereocenters. The van der Waals surface area contributed by atoms with Gasteiger partial charge in [-0.3, -0.25) is 0 Å². The molecule has 5 heteroatoms. The number of aryl methyl sites for hydroxylation is 1. The van der Waals surface area contributed by atoms with Crippen molar-refractivity contribution in [1.82, 2.24) is 5.32 Å². The summed E-state index contributed by atoms with van der Waals surface area (Å²) in [5.74, 6) is 1.84. The summed E-state index contributed by atoms with van der Waals surface area (Å²) < 4.78 is 11.7. The van der Waals surface area contributed by atoms with Crippen LogP contribution in [0.15, 0.2) is 36.4 Å². The smallest absolute Gasteiger partial charge is 0.171 e. The second kappa shape index (κ2) is 7.74. The lowest BCUT2D eigenvalue weighted by Crippen LogP contribution is -2.28. The predicted molar refractivity (Wildman–Crippen MR) is 106 cm³/mol. The highest BCUT2D eigenvalue weighted by atomic mass is 32.1. The van der Waals surface area contributed by atoms with Crippen molar-refractivity contribution in [3.05, 3.63) is 53.1 Å². The number of fused-ring (bicyclic) bond motifs is 1. The van der Waals surface area contributed by atoms with Crippen molar-refractivity contribution in [2.24, 2.45) is 0 Å². The number of ether oxygens (including phenoxy) is 2. The minimum Gasteiger partial charge on any atom is -0.494 e. The third-order valence-corrected chi connectivity index (χ3v) is 4.34. The van der Waals surface area contributed by atoms with E-state index in [4.69, 9.17) is 21.7 Å². The Bertz CT molecular complexity index is 776. The van der Waals surface area contributed by atoms with E-state index in [0.717, 1.165) is 29.2 Å². The number of hydrogen-bond acceptors (Lipinski definition) is 3. The molecule has 0 spiro atoms. The van der Waals surface area contributed by atoms with Crippen molar-refractivity contribution in [3.63, 3.8) is 0 Å². The van der Waals surface area contributed by atoms with Gasteiger partial charge in [0.2, 0.25) is 0 Å². The van der Waals surface area contributed by atoms with E-state index in [1.165, 1.54) is 11.1 Å². The largest absolute Gasteiger partial charge is 0.494 e. The van der Waals surface area contributed by atoms with Crippen LogP contribution in [-0.2, 0) is 13.0 Å². The molecule has 132 valence electrons. The molecule has 2 aromatic rings. The van der Waals surface area contributed by atoms with Crippen LogP contribution in [0.3, 0.4) is 0 Å². The molecule has 4 nitrogen and oxygen atoms in total. The lowest BCUT2D eigenvalue weighted by Gasteiger charge is -2.15. The summed E-state index contributed by atoms with van der Waals surface area (Å²) in [6.07, 6.45) is 1.15. The number of anilines is 1. The van der Waals surface area contributed by atoms with Crippen molar-refractivity contribution in [2.75, 3.05) is 11.9 Å². The molecule has 1 aliphatic rings. The zero-order chi connectivity index (χ0) is 17.8. The van der Waals surface area contributed by atoms with E-state index in [0.29, 0.717) is 18.3 Å². The van der Waals surface area contributed by atoms with Gasteiger partial charge in [-0.25, -0.2) is 0 Å². The van der Waals surface area contributed by atoms with E-state index in [2.05, 4.69) is 48.7 Å². The van der Waals surface area contributed by atoms with Crippen LogP contribution in [0.25, 0.3) is 0 Å². The monoisotopic (exact) mass is 356 g/mol. The minimum absolute atomic E-state index is 0.219. The summed E-state index contributed by atoms with van der Waals surface area (Å²) in [6.45, 7) is 7.35. The van der Waals surface area contributed by atoms with Gasteiger partial charge in [-0.15, -0.1) is 0 Å². The van der Waals surface area contributed by atoms with E-state index >= 15 is 0 Å². The Balaban J connectivity index is 1.67. The van der Waals surface area contributed by atoms with Gasteiger partial charge in [0.1, 0.15) is 17.6 Å². The van der Waals surface area contributed by atoms with Gasteiger partial charge in [0.15, 0.2) is 5.11 Å². The van der Waals surface area contributed by atoms with Crippen LogP contribution >= 0.6 is 12.2 Å². The molecule has 0 amide bonds. The van der Waals surface area contributed by atoms with E-state index in [1.807, 2.05) is 19.1 Å². The maximum Gasteiger partial charge on any atom is 0.171 e. The molecule has 0 saturated carbocycles. The molecule has 0 aliphatic carbocycles. The quantitative estimate of drug-likeness (QED) is 0.786. The highest BCUT2D eigenvalue weighted by Gasteiger charge is 2.21. The summed E-state index contributed by atoms with van der Waals surface area (Å²) in [7, 11) is 0. The molecule has 25 heavy (non-hydrogen) atoms. The molecule has 0 aromatic heterocycles. The third kappa shape index (κ3) is 4.42. The first kappa shape index (κ1) is 17.5. The number of nitrogens with one attached hydrogen (secondary N) is 2. The summed E-state index contributed by atoms with van der Waals surface area (Å²) in [4.78, 5) is 0. The summed E-state index contributed by atoms with van der Waals surface area (Å²) >= 11 is 5.41. The normalized spacial score (nSPS) is 15.2. The fourth-order valence-electron chi connectivity index (χ4n) is 2.98. The average molecular weight is 356 g/mol. The van der Waals surface area contributed by atoms with Crippen molar-refractivity contribution in [2.45, 2.75) is 39.8 Å². The van der Waals surface area contributed by atoms with E-state index < -0.39 is 0 Å². The van der Waals surface area contributed by atoms with Crippen molar-refractivity contribution < 1.29 is 9.47 Å². The zero-order valence-corrected chi connectivity index (χ0v) is 15.7. The number of thiocarbonyl (C=S) groups is 1. The molecule has 0 bridgehead atoms. The van der Waals surface area contributed by atoms with Gasteiger partial charge >= 0.3 is 0 Å². The third-order valence-electron chi connectivity index (χ3n) is 4.09. The second-order valence-corrected chi connectivity index (χ2v) is 6.72. The van der Waals surface area contributed by atoms with Crippen LogP contribution in [0.5, 0.6) is 11.5 Å². The Morgan fingerprint density at radius 1 is 1.32 bits per heavy atom. The predicted octanol–water partition coefficient (Wildman–Crippen LogP) is 4.20. The standard InChI is InChI=1S/C20H24N2O2S/c1-4-23-18-10-15-9-14(3)24-19(15)11-16(18)12-21-20(25)22-17-7-5-6-13(2)8-17/h5-8,10-11,14H,4,9,12H2,1-3H3,(H2,21,22,25)/t14-/m1/s1. The maximum atomic E-state index is 5.86. The van der Waals surface area contributed by atoms with Gasteiger partial charge in [0.05, 0.1) is 6.61 Å². The van der Waals surface area contributed by atoms with Crippen molar-refractivity contribution in [1.29, 1.82) is 0 Å². The molecule has 0 radical (unpaired) electrons. The van der Waals surface area contributed by atoms with Crippen LogP contribution in [0.2, 0.25) is 0 Å². The summed E-state index contributed by atoms with van der Waals surface area (Å²) in [5, 5.41) is 7.05. The minimum atomic E-state index is 0.219. The van der Waals surface area contributed by atoms with Crippen molar-refractivity contribution >= 4 is 23.0 Å². The number of hydrogen-bond donors (Lipinski definition) is 2. The van der Waals surface area contributed by atoms with Gasteiger partial charge in [-0.1, -0.05) is 12.1 Å². The van der Waals surface area contributed by atoms with Crippen LogP contribution in [0.4, 0.5) is 5.69 Å². The first-order chi connectivity index (χ1) is 12.0. The molecule has 1 heterocycles. The SMILES string of the molecule is CCOc1cc2c(cc1CNC(=S)Nc1cccc(C)c1)O[C@H](C)C2. The van der Waals surface area contributed by atoms with Gasteiger partial charge in [-0.05, 0) is 62.8 Å². The Morgan fingerprint density at radius 3 is 2.92 bits per heavy atom. The van der Waals surface area contributed by atoms with Gasteiger partial charge in [0.25, 0.3) is 0 Å². The molecule has 1 aliphatic heterocycles. The first-order valence-electron chi connectivity index (χ1n) is 8.62. The fourth-order valence-corrected chi connectivity index (χ4v) is 3.17. The lowest BCUT2D eigenvalue weighted by atomic mass is 10.1. The highest BCUT2D eigenvalue weighted by Crippen LogP contribution is 2.35. The highest BCUT2D eigenvalue weighted by molar-refractivity contribution is 7.80. The number of rotatable bonds is 5. The summed E-state index contributed by atoms with van der Waals surface area (Å²) in [6, 6.07) is 12.3. The fraction of sp³-hybridized carbons (Fsp3) is 0.350. The van der Waals surface area contributed by atoms with Crippen LogP contribution in [-0.4, -0.2) is 17.8 Å². The average Bonchev–Trinajstić information content (AvgIpc) is 2.92. The number of benzene rings is 2. The molecular formula is C20H24N2O2S. The van der Waals surface area contributed by atoms with Gasteiger partial charge in [0, 0.05) is 29.8 Å². The molecule has 0 unspecified atom stereocenters. The van der Waals surface area contributed by atoms with Crippen molar-refractivity contribution in [3.8, 4) is 11.5 Å². The Morgan fingerprint density at radius 2 is 2.16 bits per heavy atom. The Hall–Kier alpha value is -2.27. The van der Waals surface area contributed by atoms with Crippen LogP contribution in [0, 0.1) is 6.92 Å². The molecule has 2 N–H and O–H groups in total. The second-order valence-electron chi connectivity index (χ2n) is 6.31. The molecule has 0 fully saturated rings. The van der Waals surface area contributed by atoms with Gasteiger partial charge in [-0.2, -0.15) is 0 Å². The molecule has 3 rings (SSSR count). The Kier molecular flexibility index (Phi) is 5.43. The van der Waals surface area contributed by atoms with E-state index in [-0.39, 0.29) is 6.10 Å².